The highest BCUT2D eigenvalue weighted by Crippen LogP contribution is 2.34. The molecule has 86 valence electrons. The molecule has 0 aliphatic carbocycles. The lowest BCUT2D eigenvalue weighted by molar-refractivity contribution is 0.148. The molecule has 14 heavy (non-hydrogen) atoms. The summed E-state index contributed by atoms with van der Waals surface area (Å²) < 4.78 is 0. The molecule has 0 saturated heterocycles. The van der Waals surface area contributed by atoms with Gasteiger partial charge in [0.15, 0.2) is 0 Å². The van der Waals surface area contributed by atoms with E-state index >= 15 is 0 Å². The van der Waals surface area contributed by atoms with Gasteiger partial charge in [-0.15, -0.1) is 0 Å². The Morgan fingerprint density at radius 2 is 1.71 bits per heavy atom. The molecule has 0 aromatic heterocycles. The molecular weight excluding hydrogens is 170 g/mol. The van der Waals surface area contributed by atoms with E-state index in [-0.39, 0.29) is 0 Å². The normalized spacial score (nSPS) is 18.2. The third-order valence-electron chi connectivity index (χ3n) is 3.47. The predicted molar refractivity (Wildman–Crippen MR) is 65.6 cm³/mol. The van der Waals surface area contributed by atoms with Crippen molar-refractivity contribution in [1.29, 1.82) is 0 Å². The molecule has 0 amide bonds. The van der Waals surface area contributed by atoms with Crippen molar-refractivity contribution in [2.24, 2.45) is 11.3 Å². The maximum atomic E-state index is 3.66. The summed E-state index contributed by atoms with van der Waals surface area (Å²) in [5.74, 6) is 0.728. The van der Waals surface area contributed by atoms with E-state index < -0.39 is 0 Å². The Morgan fingerprint density at radius 3 is 2.00 bits per heavy atom. The van der Waals surface area contributed by atoms with Crippen LogP contribution in [0.3, 0.4) is 0 Å². The van der Waals surface area contributed by atoms with Gasteiger partial charge in [-0.2, -0.15) is 0 Å². The molecule has 0 aromatic rings. The van der Waals surface area contributed by atoms with Crippen molar-refractivity contribution in [3.8, 4) is 0 Å². The minimum atomic E-state index is 0.471. The SMILES string of the molecule is CCCC(C)(CC)C(NCC)C(C)C. The van der Waals surface area contributed by atoms with E-state index in [9.17, 15) is 0 Å². The van der Waals surface area contributed by atoms with Gasteiger partial charge in [0.1, 0.15) is 0 Å². The van der Waals surface area contributed by atoms with Gasteiger partial charge in [-0.25, -0.2) is 0 Å². The second-order valence-corrected chi connectivity index (χ2v) is 5.04. The maximum Gasteiger partial charge on any atom is 0.0144 e. The van der Waals surface area contributed by atoms with Crippen LogP contribution in [0.2, 0.25) is 0 Å². The van der Waals surface area contributed by atoms with Gasteiger partial charge in [-0.3, -0.25) is 0 Å². The van der Waals surface area contributed by atoms with Gasteiger partial charge in [0.25, 0.3) is 0 Å². The van der Waals surface area contributed by atoms with E-state index in [1.165, 1.54) is 19.3 Å². The molecule has 0 saturated carbocycles. The zero-order chi connectivity index (χ0) is 11.2. The minimum absolute atomic E-state index is 0.471. The number of nitrogens with one attached hydrogen (secondary N) is 1. The molecule has 0 aliphatic rings. The van der Waals surface area contributed by atoms with E-state index in [1.54, 1.807) is 0 Å². The highest BCUT2D eigenvalue weighted by Gasteiger charge is 2.32. The molecule has 0 bridgehead atoms. The standard InChI is InChI=1S/C13H29N/c1-7-10-13(6,8-2)12(11(4)5)14-9-3/h11-12,14H,7-10H2,1-6H3. The van der Waals surface area contributed by atoms with Crippen LogP contribution in [0.4, 0.5) is 0 Å². The van der Waals surface area contributed by atoms with E-state index in [0.29, 0.717) is 11.5 Å². The predicted octanol–water partition coefficient (Wildman–Crippen LogP) is 3.84. The number of rotatable bonds is 7. The van der Waals surface area contributed by atoms with Crippen LogP contribution in [-0.4, -0.2) is 12.6 Å². The summed E-state index contributed by atoms with van der Waals surface area (Å²) in [6.45, 7) is 15.0. The Balaban J connectivity index is 4.55. The van der Waals surface area contributed by atoms with Gasteiger partial charge in [-0.05, 0) is 30.7 Å². The molecule has 0 heterocycles. The van der Waals surface area contributed by atoms with Gasteiger partial charge < -0.3 is 5.32 Å². The van der Waals surface area contributed by atoms with Crippen molar-refractivity contribution < 1.29 is 0 Å². The summed E-state index contributed by atoms with van der Waals surface area (Å²) in [5.41, 5.74) is 0.471. The van der Waals surface area contributed by atoms with E-state index in [2.05, 4.69) is 46.9 Å². The van der Waals surface area contributed by atoms with Crippen LogP contribution in [0.25, 0.3) is 0 Å². The summed E-state index contributed by atoms with van der Waals surface area (Å²) in [6.07, 6.45) is 3.90. The topological polar surface area (TPSA) is 12.0 Å². The van der Waals surface area contributed by atoms with Crippen LogP contribution < -0.4 is 5.32 Å². The molecule has 0 spiro atoms. The molecule has 0 rings (SSSR count). The van der Waals surface area contributed by atoms with Crippen LogP contribution in [0, 0.1) is 11.3 Å². The zero-order valence-corrected chi connectivity index (χ0v) is 11.0. The fraction of sp³-hybridized carbons (Fsp3) is 1.00. The Bertz CT molecular complexity index is 142. The van der Waals surface area contributed by atoms with E-state index in [0.717, 1.165) is 12.5 Å². The van der Waals surface area contributed by atoms with Crippen LogP contribution in [0.15, 0.2) is 0 Å². The molecule has 2 unspecified atom stereocenters. The molecule has 2 atom stereocenters. The van der Waals surface area contributed by atoms with Crippen LogP contribution in [-0.2, 0) is 0 Å². The fourth-order valence-corrected chi connectivity index (χ4v) is 2.63. The molecule has 1 heteroatoms. The van der Waals surface area contributed by atoms with Gasteiger partial charge in [0, 0.05) is 6.04 Å². The fourth-order valence-electron chi connectivity index (χ4n) is 2.63. The summed E-state index contributed by atoms with van der Waals surface area (Å²) in [7, 11) is 0. The Kier molecular flexibility index (Phi) is 6.43. The Morgan fingerprint density at radius 1 is 1.14 bits per heavy atom. The highest BCUT2D eigenvalue weighted by atomic mass is 14.9. The van der Waals surface area contributed by atoms with Crippen molar-refractivity contribution in [3.05, 3.63) is 0 Å². The van der Waals surface area contributed by atoms with Crippen molar-refractivity contribution >= 4 is 0 Å². The Labute approximate surface area is 90.7 Å². The monoisotopic (exact) mass is 199 g/mol. The average molecular weight is 199 g/mol. The second-order valence-electron chi connectivity index (χ2n) is 5.04. The lowest BCUT2D eigenvalue weighted by atomic mass is 9.72. The summed E-state index contributed by atoms with van der Waals surface area (Å²) in [6, 6.07) is 0.664. The first kappa shape index (κ1) is 14.0. The maximum absolute atomic E-state index is 3.66. The number of hydrogen-bond acceptors (Lipinski definition) is 1. The van der Waals surface area contributed by atoms with Gasteiger partial charge in [0.2, 0.25) is 0 Å². The molecule has 0 aromatic carbocycles. The van der Waals surface area contributed by atoms with Crippen LogP contribution >= 0.6 is 0 Å². The zero-order valence-electron chi connectivity index (χ0n) is 11.0. The van der Waals surface area contributed by atoms with Gasteiger partial charge in [0.05, 0.1) is 0 Å². The van der Waals surface area contributed by atoms with Crippen molar-refractivity contribution in [3.63, 3.8) is 0 Å². The molecule has 1 N–H and O–H groups in total. The van der Waals surface area contributed by atoms with Crippen molar-refractivity contribution in [2.75, 3.05) is 6.54 Å². The molecule has 0 fully saturated rings. The summed E-state index contributed by atoms with van der Waals surface area (Å²) >= 11 is 0. The average Bonchev–Trinajstić information content (AvgIpc) is 2.14. The van der Waals surface area contributed by atoms with E-state index in [4.69, 9.17) is 0 Å². The van der Waals surface area contributed by atoms with Gasteiger partial charge >= 0.3 is 0 Å². The third kappa shape index (κ3) is 3.61. The largest absolute Gasteiger partial charge is 0.313 e. The lowest BCUT2D eigenvalue weighted by Crippen LogP contribution is -2.46. The quantitative estimate of drug-likeness (QED) is 0.657. The van der Waals surface area contributed by atoms with Crippen LogP contribution in [0.1, 0.15) is 60.8 Å². The molecule has 0 radical (unpaired) electrons. The molecule has 0 aliphatic heterocycles. The minimum Gasteiger partial charge on any atom is -0.313 e. The van der Waals surface area contributed by atoms with Crippen molar-refractivity contribution in [2.45, 2.75) is 66.8 Å². The smallest absolute Gasteiger partial charge is 0.0144 e. The Hall–Kier alpha value is -0.0400. The summed E-state index contributed by atoms with van der Waals surface area (Å²) in [4.78, 5) is 0. The third-order valence-corrected chi connectivity index (χ3v) is 3.47. The summed E-state index contributed by atoms with van der Waals surface area (Å²) in [5, 5.41) is 3.66. The first-order valence-corrected chi connectivity index (χ1v) is 6.25. The van der Waals surface area contributed by atoms with Gasteiger partial charge in [-0.1, -0.05) is 48.0 Å². The molecular formula is C13H29N. The van der Waals surface area contributed by atoms with Crippen molar-refractivity contribution in [1.82, 2.24) is 5.32 Å². The first-order valence-electron chi connectivity index (χ1n) is 6.25. The first-order chi connectivity index (χ1) is 6.51. The number of hydrogen-bond donors (Lipinski definition) is 1. The van der Waals surface area contributed by atoms with E-state index in [1.807, 2.05) is 0 Å². The lowest BCUT2D eigenvalue weighted by Gasteiger charge is -2.40. The van der Waals surface area contributed by atoms with Crippen LogP contribution in [0.5, 0.6) is 0 Å². The molecule has 1 nitrogen and oxygen atoms in total. The highest BCUT2D eigenvalue weighted by molar-refractivity contribution is 4.88. The second kappa shape index (κ2) is 6.44.